The molecule has 1 amide bonds. The fourth-order valence-electron chi connectivity index (χ4n) is 2.37. The van der Waals surface area contributed by atoms with Crippen LogP contribution in [0.4, 0.5) is 11.4 Å². The standard InChI is InChI=1S/C18H21N3O4/c1-3-14-7-8-15(10-17(14)21(23)24)19-12-18(22)20-11-13-5-4-6-16(9-13)25-2/h4-10,19H,3,11-12H2,1-2H3,(H,20,22). The van der Waals surface area contributed by atoms with E-state index in [0.717, 1.165) is 11.3 Å². The number of carbonyl (C=O) groups is 1. The van der Waals surface area contributed by atoms with E-state index in [1.165, 1.54) is 6.07 Å². The molecule has 0 heterocycles. The van der Waals surface area contributed by atoms with Gasteiger partial charge in [0.15, 0.2) is 0 Å². The van der Waals surface area contributed by atoms with Gasteiger partial charge in [0.1, 0.15) is 5.75 Å². The lowest BCUT2D eigenvalue weighted by Gasteiger charge is -2.09. The zero-order valence-corrected chi connectivity index (χ0v) is 14.2. The van der Waals surface area contributed by atoms with Gasteiger partial charge in [-0.05, 0) is 30.2 Å². The molecule has 0 atom stereocenters. The van der Waals surface area contributed by atoms with Crippen molar-refractivity contribution in [2.45, 2.75) is 19.9 Å². The number of amides is 1. The summed E-state index contributed by atoms with van der Waals surface area (Å²) in [5.41, 5.74) is 2.19. The molecular formula is C18H21N3O4. The Kier molecular flexibility index (Phi) is 6.33. The minimum absolute atomic E-state index is 0.0343. The van der Waals surface area contributed by atoms with Crippen molar-refractivity contribution < 1.29 is 14.5 Å². The van der Waals surface area contributed by atoms with Crippen LogP contribution < -0.4 is 15.4 Å². The predicted octanol–water partition coefficient (Wildman–Crippen LogP) is 2.89. The molecule has 0 aliphatic heterocycles. The predicted molar refractivity (Wildman–Crippen MR) is 95.8 cm³/mol. The van der Waals surface area contributed by atoms with E-state index in [2.05, 4.69) is 10.6 Å². The zero-order valence-electron chi connectivity index (χ0n) is 14.2. The van der Waals surface area contributed by atoms with Gasteiger partial charge in [-0.1, -0.05) is 25.1 Å². The maximum atomic E-state index is 11.9. The molecule has 7 heteroatoms. The highest BCUT2D eigenvalue weighted by molar-refractivity contribution is 5.80. The molecule has 0 aliphatic carbocycles. The highest BCUT2D eigenvalue weighted by Gasteiger charge is 2.13. The van der Waals surface area contributed by atoms with Gasteiger partial charge in [-0.3, -0.25) is 14.9 Å². The number of ether oxygens (including phenoxy) is 1. The number of nitro groups is 1. The summed E-state index contributed by atoms with van der Waals surface area (Å²) in [5.74, 6) is 0.526. The van der Waals surface area contributed by atoms with Crippen LogP contribution in [0, 0.1) is 10.1 Å². The van der Waals surface area contributed by atoms with E-state index in [1.807, 2.05) is 31.2 Å². The first kappa shape index (κ1) is 18.3. The number of hydrogen-bond donors (Lipinski definition) is 2. The van der Waals surface area contributed by atoms with Crippen molar-refractivity contribution in [1.82, 2.24) is 5.32 Å². The maximum absolute atomic E-state index is 11.9. The molecule has 132 valence electrons. The van der Waals surface area contributed by atoms with Crippen LogP contribution in [0.3, 0.4) is 0 Å². The summed E-state index contributed by atoms with van der Waals surface area (Å²) in [6.07, 6.45) is 0.581. The molecule has 0 spiro atoms. The summed E-state index contributed by atoms with van der Waals surface area (Å²) in [4.78, 5) is 22.6. The lowest BCUT2D eigenvalue weighted by molar-refractivity contribution is -0.385. The largest absolute Gasteiger partial charge is 0.497 e. The second kappa shape index (κ2) is 8.68. The maximum Gasteiger partial charge on any atom is 0.274 e. The second-order valence-electron chi connectivity index (χ2n) is 5.44. The number of methoxy groups -OCH3 is 1. The van der Waals surface area contributed by atoms with Gasteiger partial charge in [0, 0.05) is 23.9 Å². The molecule has 25 heavy (non-hydrogen) atoms. The number of hydrogen-bond acceptors (Lipinski definition) is 5. The molecule has 0 radical (unpaired) electrons. The van der Waals surface area contributed by atoms with E-state index in [4.69, 9.17) is 4.74 Å². The molecule has 0 bridgehead atoms. The summed E-state index contributed by atoms with van der Waals surface area (Å²) < 4.78 is 5.14. The molecule has 2 aromatic carbocycles. The number of nitro benzene ring substituents is 1. The minimum Gasteiger partial charge on any atom is -0.497 e. The van der Waals surface area contributed by atoms with Gasteiger partial charge in [0.05, 0.1) is 18.6 Å². The van der Waals surface area contributed by atoms with E-state index in [9.17, 15) is 14.9 Å². The third-order valence-electron chi connectivity index (χ3n) is 3.74. The van der Waals surface area contributed by atoms with Crippen LogP contribution in [-0.4, -0.2) is 24.5 Å². The Balaban J connectivity index is 1.89. The molecule has 0 saturated heterocycles. The first-order valence-electron chi connectivity index (χ1n) is 7.94. The van der Waals surface area contributed by atoms with E-state index in [1.54, 1.807) is 19.2 Å². The SMILES string of the molecule is CCc1ccc(NCC(=O)NCc2cccc(OC)c2)cc1[N+](=O)[O-]. The van der Waals surface area contributed by atoms with Crippen LogP contribution in [0.2, 0.25) is 0 Å². The monoisotopic (exact) mass is 343 g/mol. The van der Waals surface area contributed by atoms with E-state index < -0.39 is 4.92 Å². The second-order valence-corrected chi connectivity index (χ2v) is 5.44. The summed E-state index contributed by atoms with van der Waals surface area (Å²) in [6, 6.07) is 12.3. The number of benzene rings is 2. The van der Waals surface area contributed by atoms with Gasteiger partial charge in [-0.2, -0.15) is 0 Å². The van der Waals surface area contributed by atoms with E-state index in [0.29, 0.717) is 24.2 Å². The number of carbonyl (C=O) groups excluding carboxylic acids is 1. The lowest BCUT2D eigenvalue weighted by Crippen LogP contribution is -2.29. The molecule has 7 nitrogen and oxygen atoms in total. The average molecular weight is 343 g/mol. The average Bonchev–Trinajstić information content (AvgIpc) is 2.64. The Morgan fingerprint density at radius 2 is 2.04 bits per heavy atom. The molecule has 0 aromatic heterocycles. The van der Waals surface area contributed by atoms with Crippen LogP contribution in [0.5, 0.6) is 5.75 Å². The normalized spacial score (nSPS) is 10.2. The summed E-state index contributed by atoms with van der Waals surface area (Å²) in [6.45, 7) is 2.28. The van der Waals surface area contributed by atoms with Crippen molar-refractivity contribution in [1.29, 1.82) is 0 Å². The first-order valence-corrected chi connectivity index (χ1v) is 7.94. The number of nitrogens with zero attached hydrogens (tertiary/aromatic N) is 1. The highest BCUT2D eigenvalue weighted by atomic mass is 16.6. The van der Waals surface area contributed by atoms with Crippen molar-refractivity contribution >= 4 is 17.3 Å². The van der Waals surface area contributed by atoms with Crippen LogP contribution in [0.15, 0.2) is 42.5 Å². The summed E-state index contributed by atoms with van der Waals surface area (Å²) in [5, 5.41) is 16.8. The first-order chi connectivity index (χ1) is 12.0. The molecule has 2 rings (SSSR count). The number of anilines is 1. The Morgan fingerprint density at radius 3 is 2.72 bits per heavy atom. The molecule has 2 aromatic rings. The Labute approximate surface area is 146 Å². The van der Waals surface area contributed by atoms with Gasteiger partial charge in [-0.15, -0.1) is 0 Å². The number of nitrogens with one attached hydrogen (secondary N) is 2. The topological polar surface area (TPSA) is 93.5 Å². The van der Waals surface area contributed by atoms with Crippen LogP contribution in [0.1, 0.15) is 18.1 Å². The van der Waals surface area contributed by atoms with Gasteiger partial charge >= 0.3 is 0 Å². The molecule has 0 fully saturated rings. The van der Waals surface area contributed by atoms with Crippen LogP contribution >= 0.6 is 0 Å². The van der Waals surface area contributed by atoms with Gasteiger partial charge < -0.3 is 15.4 Å². The summed E-state index contributed by atoms with van der Waals surface area (Å²) in [7, 11) is 1.59. The van der Waals surface area contributed by atoms with E-state index in [-0.39, 0.29) is 18.1 Å². The number of aryl methyl sites for hydroxylation is 1. The fraction of sp³-hybridized carbons (Fsp3) is 0.278. The van der Waals surface area contributed by atoms with Gasteiger partial charge in [0.2, 0.25) is 5.91 Å². The quantitative estimate of drug-likeness (QED) is 0.568. The van der Waals surface area contributed by atoms with Crippen molar-refractivity contribution in [3.63, 3.8) is 0 Å². The molecule has 0 aliphatic rings. The lowest BCUT2D eigenvalue weighted by atomic mass is 10.1. The van der Waals surface area contributed by atoms with E-state index >= 15 is 0 Å². The van der Waals surface area contributed by atoms with Crippen LogP contribution in [-0.2, 0) is 17.8 Å². The Bertz CT molecular complexity index is 762. The molecular weight excluding hydrogens is 322 g/mol. The van der Waals surface area contributed by atoms with Crippen LogP contribution in [0.25, 0.3) is 0 Å². The minimum atomic E-state index is -0.410. The highest BCUT2D eigenvalue weighted by Crippen LogP contribution is 2.23. The zero-order chi connectivity index (χ0) is 18.2. The molecule has 2 N–H and O–H groups in total. The van der Waals surface area contributed by atoms with Crippen molar-refractivity contribution in [2.24, 2.45) is 0 Å². The third kappa shape index (κ3) is 5.20. The third-order valence-corrected chi connectivity index (χ3v) is 3.74. The van der Waals surface area contributed by atoms with Crippen molar-refractivity contribution in [3.8, 4) is 5.75 Å². The Morgan fingerprint density at radius 1 is 1.24 bits per heavy atom. The molecule has 0 saturated carbocycles. The smallest absolute Gasteiger partial charge is 0.274 e. The van der Waals surface area contributed by atoms with Crippen molar-refractivity contribution in [2.75, 3.05) is 19.0 Å². The van der Waals surface area contributed by atoms with Gasteiger partial charge in [0.25, 0.3) is 5.69 Å². The van der Waals surface area contributed by atoms with Gasteiger partial charge in [-0.25, -0.2) is 0 Å². The fourth-order valence-corrected chi connectivity index (χ4v) is 2.37. The Hall–Kier alpha value is -3.09. The van der Waals surface area contributed by atoms with Crippen molar-refractivity contribution in [3.05, 3.63) is 63.7 Å². The number of rotatable bonds is 8. The molecule has 0 unspecified atom stereocenters. The summed E-state index contributed by atoms with van der Waals surface area (Å²) >= 11 is 0.